The van der Waals surface area contributed by atoms with Crippen LogP contribution in [-0.4, -0.2) is 63.9 Å². The molecule has 5 amide bonds. The quantitative estimate of drug-likeness (QED) is 0.215. The number of carboxylic acids is 1. The van der Waals surface area contributed by atoms with Crippen LogP contribution in [0.2, 0.25) is 0 Å². The first-order valence-corrected chi connectivity index (χ1v) is 14.0. The molecule has 0 saturated carbocycles. The lowest BCUT2D eigenvalue weighted by atomic mass is 9.89. The zero-order chi connectivity index (χ0) is 31.1. The van der Waals surface area contributed by atoms with Crippen molar-refractivity contribution in [2.75, 3.05) is 12.0 Å². The van der Waals surface area contributed by atoms with E-state index in [9.17, 15) is 29.1 Å². The molecule has 5 N–H and O–H groups in total. The van der Waals surface area contributed by atoms with Gasteiger partial charge in [-0.15, -0.1) is 0 Å². The van der Waals surface area contributed by atoms with Crippen LogP contribution >= 0.6 is 0 Å². The molecule has 3 aromatic carbocycles. The van der Waals surface area contributed by atoms with Crippen molar-refractivity contribution in [3.63, 3.8) is 0 Å². The Morgan fingerprint density at radius 3 is 2.57 bits per heavy atom. The summed E-state index contributed by atoms with van der Waals surface area (Å²) in [5.41, 5.74) is 8.43. The van der Waals surface area contributed by atoms with E-state index in [1.54, 1.807) is 25.3 Å². The van der Waals surface area contributed by atoms with Gasteiger partial charge in [0.15, 0.2) is 0 Å². The number of nitrogens with two attached hydrogens (primary N) is 1. The van der Waals surface area contributed by atoms with Gasteiger partial charge < -0.3 is 25.9 Å². The van der Waals surface area contributed by atoms with Crippen LogP contribution in [0.15, 0.2) is 72.8 Å². The molecule has 0 spiro atoms. The van der Waals surface area contributed by atoms with Gasteiger partial charge in [-0.3, -0.25) is 19.3 Å². The van der Waals surface area contributed by atoms with E-state index >= 15 is 0 Å². The summed E-state index contributed by atoms with van der Waals surface area (Å²) in [4.78, 5) is 70.8. The van der Waals surface area contributed by atoms with Crippen LogP contribution in [0.3, 0.4) is 0 Å². The van der Waals surface area contributed by atoms with Crippen LogP contribution < -0.4 is 20.7 Å². The van der Waals surface area contributed by atoms with Crippen molar-refractivity contribution in [1.82, 2.24) is 15.2 Å². The molecule has 12 nitrogen and oxygen atoms in total. The number of nitrogens with one attached hydrogen (secondary N) is 2. The van der Waals surface area contributed by atoms with Crippen molar-refractivity contribution in [2.24, 2.45) is 5.73 Å². The largest absolute Gasteiger partial charge is 0.497 e. The Kier molecular flexibility index (Phi) is 7.25. The number of ether oxygens (including phenoxy) is 1. The second-order valence-electron chi connectivity index (χ2n) is 10.7. The number of aliphatic carboxylic acids is 1. The van der Waals surface area contributed by atoms with Crippen LogP contribution in [0.4, 0.5) is 10.5 Å². The molecule has 0 unspecified atom stereocenters. The monoisotopic (exact) mass is 595 g/mol. The molecule has 1 saturated heterocycles. The molecule has 3 heterocycles. The third-order valence-corrected chi connectivity index (χ3v) is 8.13. The summed E-state index contributed by atoms with van der Waals surface area (Å²) >= 11 is 0. The number of H-pyrrole nitrogens is 1. The molecule has 0 aliphatic carbocycles. The Morgan fingerprint density at radius 1 is 1.07 bits per heavy atom. The zero-order valence-electron chi connectivity index (χ0n) is 23.7. The van der Waals surface area contributed by atoms with Gasteiger partial charge in [0.05, 0.1) is 18.4 Å². The maximum atomic E-state index is 14.3. The molecule has 3 atom stereocenters. The lowest BCUT2D eigenvalue weighted by Gasteiger charge is -2.36. The Labute approximate surface area is 251 Å². The fourth-order valence-corrected chi connectivity index (χ4v) is 6.09. The van der Waals surface area contributed by atoms with Crippen LogP contribution in [0.1, 0.15) is 46.1 Å². The van der Waals surface area contributed by atoms with Crippen LogP contribution in [0, 0.1) is 0 Å². The predicted octanol–water partition coefficient (Wildman–Crippen LogP) is 3.11. The minimum absolute atomic E-state index is 0.0198. The number of anilines is 1. The molecule has 224 valence electrons. The van der Waals surface area contributed by atoms with E-state index < -0.39 is 47.8 Å². The average molecular weight is 596 g/mol. The highest BCUT2D eigenvalue weighted by Gasteiger charge is 2.53. The highest BCUT2D eigenvalue weighted by molar-refractivity contribution is 6.24. The van der Waals surface area contributed by atoms with E-state index in [1.807, 2.05) is 42.5 Å². The Morgan fingerprint density at radius 2 is 1.82 bits per heavy atom. The van der Waals surface area contributed by atoms with Crippen molar-refractivity contribution in [1.29, 1.82) is 0 Å². The van der Waals surface area contributed by atoms with E-state index in [2.05, 4.69) is 10.3 Å². The fourth-order valence-electron chi connectivity index (χ4n) is 6.09. The number of fused-ring (bicyclic) bond motifs is 4. The van der Waals surface area contributed by atoms with Gasteiger partial charge in [-0.2, -0.15) is 0 Å². The standard InChI is InChI=1S/C32H29N5O7/c1-44-18-8-6-7-17(15-18)28-27-21(19-9-2-4-11-22(19)34-27)16-25-30(40)37(32(43)36(25)28)24-12-5-3-10-20(24)29(39)35-23(31(41)42)13-14-26(33)38/h2-12,15,23,25,28,34H,13-14,16H2,1H3,(H2,33,38)(H,35,39)(H,41,42)/t23-,25+,28-/m1/s1. The van der Waals surface area contributed by atoms with Gasteiger partial charge in [0.25, 0.3) is 11.8 Å². The number of carbonyl (C=O) groups is 5. The van der Waals surface area contributed by atoms with Crippen LogP contribution in [0.5, 0.6) is 5.75 Å². The minimum Gasteiger partial charge on any atom is -0.497 e. The lowest BCUT2D eigenvalue weighted by molar-refractivity contribution is -0.139. The van der Waals surface area contributed by atoms with Gasteiger partial charge in [-0.25, -0.2) is 14.5 Å². The molecule has 44 heavy (non-hydrogen) atoms. The van der Waals surface area contributed by atoms with Crippen LogP contribution in [-0.2, 0) is 20.8 Å². The number of nitrogens with zero attached hydrogens (tertiary/aromatic N) is 2. The van der Waals surface area contributed by atoms with Gasteiger partial charge in [0, 0.05) is 29.4 Å². The molecule has 0 bridgehead atoms. The molecule has 1 aromatic heterocycles. The summed E-state index contributed by atoms with van der Waals surface area (Å²) < 4.78 is 5.46. The van der Waals surface area contributed by atoms with Gasteiger partial charge >= 0.3 is 12.0 Å². The van der Waals surface area contributed by atoms with Gasteiger partial charge in [-0.05, 0) is 47.9 Å². The molecule has 4 aromatic rings. The molecule has 12 heteroatoms. The van der Waals surface area contributed by atoms with Crippen molar-refractivity contribution in [3.05, 3.63) is 95.2 Å². The number of aromatic amines is 1. The summed E-state index contributed by atoms with van der Waals surface area (Å²) in [6.07, 6.45) is -0.216. The number of hydrogen-bond donors (Lipinski definition) is 4. The van der Waals surface area contributed by atoms with E-state index in [4.69, 9.17) is 10.5 Å². The highest BCUT2D eigenvalue weighted by Crippen LogP contribution is 2.45. The first kappa shape index (κ1) is 28.5. The number of para-hydroxylation sites is 2. The van der Waals surface area contributed by atoms with Gasteiger partial charge in [-0.1, -0.05) is 42.5 Å². The molecular formula is C32H29N5O7. The van der Waals surface area contributed by atoms with Gasteiger partial charge in [0.2, 0.25) is 5.91 Å². The second-order valence-corrected chi connectivity index (χ2v) is 10.7. The number of carboxylic acid groups (broad SMARTS) is 1. The number of urea groups is 1. The summed E-state index contributed by atoms with van der Waals surface area (Å²) in [7, 11) is 1.55. The minimum atomic E-state index is -1.41. The molecule has 1 fully saturated rings. The van der Waals surface area contributed by atoms with Crippen LogP contribution in [0.25, 0.3) is 10.9 Å². The fraction of sp³-hybridized carbons (Fsp3) is 0.219. The topological polar surface area (TPSA) is 175 Å². The lowest BCUT2D eigenvalue weighted by Crippen LogP contribution is -2.44. The number of carbonyl (C=O) groups excluding carboxylic acids is 4. The van der Waals surface area contributed by atoms with Crippen molar-refractivity contribution in [3.8, 4) is 5.75 Å². The number of rotatable bonds is 9. The van der Waals surface area contributed by atoms with E-state index in [1.165, 1.54) is 17.0 Å². The number of primary amides is 1. The van der Waals surface area contributed by atoms with E-state index in [0.29, 0.717) is 5.75 Å². The number of hydrogen-bond acceptors (Lipinski definition) is 6. The molecular weight excluding hydrogens is 566 g/mol. The average Bonchev–Trinajstić information content (AvgIpc) is 3.51. The maximum Gasteiger partial charge on any atom is 0.332 e. The molecule has 6 rings (SSSR count). The number of amides is 5. The number of methoxy groups -OCH3 is 1. The van der Waals surface area contributed by atoms with Crippen molar-refractivity contribution in [2.45, 2.75) is 37.4 Å². The predicted molar refractivity (Wildman–Crippen MR) is 159 cm³/mol. The summed E-state index contributed by atoms with van der Waals surface area (Å²) in [5.74, 6) is -2.80. The molecule has 2 aliphatic heterocycles. The van der Waals surface area contributed by atoms with E-state index in [0.717, 1.165) is 32.6 Å². The number of benzene rings is 3. The molecule has 2 aliphatic rings. The Bertz CT molecular complexity index is 1830. The summed E-state index contributed by atoms with van der Waals surface area (Å²) in [5, 5.41) is 12.9. The SMILES string of the molecule is COc1cccc([C@@H]2c3[nH]c4ccccc4c3C[C@H]3C(=O)N(c4ccccc4C(=O)N[C@H](CCC(N)=O)C(=O)O)C(=O)N23)c1. The van der Waals surface area contributed by atoms with Crippen molar-refractivity contribution < 1.29 is 33.8 Å². The highest BCUT2D eigenvalue weighted by atomic mass is 16.5. The zero-order valence-corrected chi connectivity index (χ0v) is 23.7. The van der Waals surface area contributed by atoms with Gasteiger partial charge in [0.1, 0.15) is 23.9 Å². The Hall–Kier alpha value is -5.65. The summed E-state index contributed by atoms with van der Waals surface area (Å²) in [6, 6.07) is 17.5. The normalized spacial score (nSPS) is 18.1. The maximum absolute atomic E-state index is 14.3. The number of imide groups is 1. The third-order valence-electron chi connectivity index (χ3n) is 8.13. The first-order valence-electron chi connectivity index (χ1n) is 14.0. The second kappa shape index (κ2) is 11.2. The summed E-state index contributed by atoms with van der Waals surface area (Å²) in [6.45, 7) is 0. The molecule has 0 radical (unpaired) electrons. The number of aromatic nitrogens is 1. The van der Waals surface area contributed by atoms with E-state index in [-0.39, 0.29) is 30.5 Å². The van der Waals surface area contributed by atoms with Crippen molar-refractivity contribution >= 4 is 46.3 Å². The third kappa shape index (κ3) is 4.79. The Balaban J connectivity index is 1.41. The first-order chi connectivity index (χ1) is 21.2. The smallest absolute Gasteiger partial charge is 0.332 e.